The topological polar surface area (TPSA) is 104 Å². The van der Waals surface area contributed by atoms with E-state index >= 15 is 0 Å². The van der Waals surface area contributed by atoms with Crippen LogP contribution in [0.25, 0.3) is 0 Å². The summed E-state index contributed by atoms with van der Waals surface area (Å²) in [5.41, 5.74) is 2.53. The molecule has 1 saturated heterocycles. The van der Waals surface area contributed by atoms with Gasteiger partial charge < -0.3 is 15.0 Å². The molecule has 3 aromatic rings. The molecule has 36 heavy (non-hydrogen) atoms. The number of ether oxygens (including phenoxy) is 1. The van der Waals surface area contributed by atoms with Crippen molar-refractivity contribution in [3.63, 3.8) is 0 Å². The van der Waals surface area contributed by atoms with Crippen LogP contribution < -0.4 is 14.9 Å². The molecule has 0 spiro atoms. The number of hydrogen-bond acceptors (Lipinski definition) is 7. The second-order valence-corrected chi connectivity index (χ2v) is 10.3. The molecule has 0 radical (unpaired) electrons. The van der Waals surface area contributed by atoms with Crippen LogP contribution in [0.3, 0.4) is 0 Å². The molecule has 1 aromatic heterocycles. The summed E-state index contributed by atoms with van der Waals surface area (Å²) in [7, 11) is -1.93. The van der Waals surface area contributed by atoms with Gasteiger partial charge in [0.05, 0.1) is 18.1 Å². The van der Waals surface area contributed by atoms with Gasteiger partial charge in [-0.15, -0.1) is 0 Å². The van der Waals surface area contributed by atoms with Crippen LogP contribution in [0.2, 0.25) is 0 Å². The van der Waals surface area contributed by atoms with Gasteiger partial charge in [0.1, 0.15) is 0 Å². The van der Waals surface area contributed by atoms with Crippen molar-refractivity contribution in [2.45, 2.75) is 11.3 Å². The first kappa shape index (κ1) is 25.8. The Morgan fingerprint density at radius 1 is 1.03 bits per heavy atom. The van der Waals surface area contributed by atoms with E-state index in [0.717, 1.165) is 45.0 Å². The number of nitrogens with one attached hydrogen (secondary N) is 2. The van der Waals surface area contributed by atoms with E-state index in [4.69, 9.17) is 4.74 Å². The monoisotopic (exact) mass is 509 g/mol. The average molecular weight is 510 g/mol. The standard InChI is InChI=1S/C26H31N5O4S/c1-30(24-9-12-27-13-10-24)26(32)21-5-2-6-22(19-21)29-23-7-3-8-25(20-23)36(33,34)28-11-4-14-31-15-17-35-18-16-31/h2-3,5-10,12-13,19-20,28-29H,4,11,14-18H2,1H3. The number of sulfonamides is 1. The maximum atomic E-state index is 12.9. The normalized spacial score (nSPS) is 14.4. The van der Waals surface area contributed by atoms with Crippen LogP contribution in [0.4, 0.5) is 17.1 Å². The lowest BCUT2D eigenvalue weighted by atomic mass is 10.1. The summed E-state index contributed by atoms with van der Waals surface area (Å²) in [5.74, 6) is -0.164. The smallest absolute Gasteiger partial charge is 0.258 e. The number of rotatable bonds is 10. The first-order valence-corrected chi connectivity index (χ1v) is 13.4. The van der Waals surface area contributed by atoms with E-state index in [1.807, 2.05) is 6.07 Å². The highest BCUT2D eigenvalue weighted by Gasteiger charge is 2.16. The van der Waals surface area contributed by atoms with Gasteiger partial charge in [-0.05, 0) is 61.5 Å². The van der Waals surface area contributed by atoms with Crippen molar-refractivity contribution in [2.24, 2.45) is 0 Å². The average Bonchev–Trinajstić information content (AvgIpc) is 2.92. The number of morpholine rings is 1. The number of aromatic nitrogens is 1. The van der Waals surface area contributed by atoms with Crippen molar-refractivity contribution in [1.29, 1.82) is 0 Å². The van der Waals surface area contributed by atoms with Gasteiger partial charge in [-0.3, -0.25) is 14.7 Å². The molecule has 2 heterocycles. The fourth-order valence-electron chi connectivity index (χ4n) is 3.93. The fraction of sp³-hybridized carbons (Fsp3) is 0.308. The third-order valence-electron chi connectivity index (χ3n) is 5.94. The summed E-state index contributed by atoms with van der Waals surface area (Å²) in [6.07, 6.45) is 4.00. The molecular weight excluding hydrogens is 478 g/mol. The number of hydrogen-bond donors (Lipinski definition) is 2. The summed E-state index contributed by atoms with van der Waals surface area (Å²) in [6, 6.07) is 17.3. The van der Waals surface area contributed by atoms with Crippen molar-refractivity contribution >= 4 is 33.0 Å². The summed E-state index contributed by atoms with van der Waals surface area (Å²) in [4.78, 5) is 20.9. The van der Waals surface area contributed by atoms with Crippen molar-refractivity contribution in [1.82, 2.24) is 14.6 Å². The van der Waals surface area contributed by atoms with Crippen LogP contribution in [-0.2, 0) is 14.8 Å². The molecule has 190 valence electrons. The van der Waals surface area contributed by atoms with Crippen LogP contribution in [0.1, 0.15) is 16.8 Å². The first-order valence-electron chi connectivity index (χ1n) is 11.9. The summed E-state index contributed by atoms with van der Waals surface area (Å²) >= 11 is 0. The van der Waals surface area contributed by atoms with E-state index < -0.39 is 10.0 Å². The van der Waals surface area contributed by atoms with Gasteiger partial charge in [-0.2, -0.15) is 0 Å². The van der Waals surface area contributed by atoms with Gasteiger partial charge in [-0.25, -0.2) is 13.1 Å². The molecule has 0 aliphatic carbocycles. The molecule has 1 fully saturated rings. The number of benzene rings is 2. The summed E-state index contributed by atoms with van der Waals surface area (Å²) in [5, 5.41) is 3.21. The molecule has 10 heteroatoms. The number of amides is 1. The highest BCUT2D eigenvalue weighted by atomic mass is 32.2. The van der Waals surface area contributed by atoms with Crippen molar-refractivity contribution in [3.8, 4) is 0 Å². The molecule has 0 atom stereocenters. The van der Waals surface area contributed by atoms with Gasteiger partial charge in [-0.1, -0.05) is 12.1 Å². The van der Waals surface area contributed by atoms with Gasteiger partial charge in [0.15, 0.2) is 0 Å². The number of nitrogens with zero attached hydrogens (tertiary/aromatic N) is 3. The SMILES string of the molecule is CN(C(=O)c1cccc(Nc2cccc(S(=O)(=O)NCCCN3CCOCC3)c2)c1)c1ccncc1. The second-order valence-electron chi connectivity index (χ2n) is 8.51. The van der Waals surface area contributed by atoms with E-state index in [2.05, 4.69) is 19.9 Å². The molecule has 1 aliphatic heterocycles. The maximum Gasteiger partial charge on any atom is 0.258 e. The van der Waals surface area contributed by atoms with Gasteiger partial charge in [0.25, 0.3) is 5.91 Å². The quantitative estimate of drug-likeness (QED) is 0.405. The Morgan fingerprint density at radius 3 is 2.47 bits per heavy atom. The maximum absolute atomic E-state index is 12.9. The zero-order valence-corrected chi connectivity index (χ0v) is 21.1. The zero-order chi connectivity index (χ0) is 25.4. The van der Waals surface area contributed by atoms with E-state index in [0.29, 0.717) is 23.5 Å². The molecule has 4 rings (SSSR count). The highest BCUT2D eigenvalue weighted by Crippen LogP contribution is 2.22. The largest absolute Gasteiger partial charge is 0.379 e. The molecule has 1 amide bonds. The molecule has 0 bridgehead atoms. The predicted octanol–water partition coefficient (Wildman–Crippen LogP) is 3.10. The van der Waals surface area contributed by atoms with Crippen LogP contribution >= 0.6 is 0 Å². The molecule has 0 saturated carbocycles. The second kappa shape index (κ2) is 12.1. The van der Waals surface area contributed by atoms with Gasteiger partial charge in [0, 0.05) is 61.7 Å². The summed E-state index contributed by atoms with van der Waals surface area (Å²) < 4.78 is 33.7. The minimum atomic E-state index is -3.64. The number of carbonyl (C=O) groups is 1. The van der Waals surface area contributed by atoms with Crippen LogP contribution in [0.5, 0.6) is 0 Å². The Kier molecular flexibility index (Phi) is 8.65. The number of pyridine rings is 1. The van der Waals surface area contributed by atoms with E-state index in [-0.39, 0.29) is 10.8 Å². The lowest BCUT2D eigenvalue weighted by molar-refractivity contribution is 0.0376. The lowest BCUT2D eigenvalue weighted by Gasteiger charge is -2.26. The molecule has 2 aromatic carbocycles. The first-order chi connectivity index (χ1) is 17.4. The summed E-state index contributed by atoms with van der Waals surface area (Å²) in [6.45, 7) is 4.42. The van der Waals surface area contributed by atoms with Gasteiger partial charge >= 0.3 is 0 Å². The molecule has 0 unspecified atom stereocenters. The van der Waals surface area contributed by atoms with Crippen LogP contribution in [-0.4, -0.2) is 70.6 Å². The predicted molar refractivity (Wildman–Crippen MR) is 140 cm³/mol. The van der Waals surface area contributed by atoms with Crippen molar-refractivity contribution in [2.75, 3.05) is 56.7 Å². The third kappa shape index (κ3) is 6.88. The van der Waals surface area contributed by atoms with Crippen molar-refractivity contribution in [3.05, 3.63) is 78.6 Å². The van der Waals surface area contributed by atoms with Crippen molar-refractivity contribution < 1.29 is 17.9 Å². The number of anilines is 3. The van der Waals surface area contributed by atoms with Crippen LogP contribution in [0.15, 0.2) is 78.0 Å². The van der Waals surface area contributed by atoms with E-state index in [9.17, 15) is 13.2 Å². The minimum absolute atomic E-state index is 0.164. The Morgan fingerprint density at radius 2 is 1.72 bits per heavy atom. The Labute approximate surface area is 212 Å². The number of carbonyl (C=O) groups excluding carboxylic acids is 1. The lowest BCUT2D eigenvalue weighted by Crippen LogP contribution is -2.38. The van der Waals surface area contributed by atoms with Crippen LogP contribution in [0, 0.1) is 0 Å². The third-order valence-corrected chi connectivity index (χ3v) is 7.40. The molecule has 9 nitrogen and oxygen atoms in total. The van der Waals surface area contributed by atoms with E-state index in [1.54, 1.807) is 78.9 Å². The Bertz CT molecular complexity index is 1260. The molecular formula is C26H31N5O4S. The highest BCUT2D eigenvalue weighted by molar-refractivity contribution is 7.89. The molecule has 2 N–H and O–H groups in total. The minimum Gasteiger partial charge on any atom is -0.379 e. The Hall–Kier alpha value is -3.31. The fourth-order valence-corrected chi connectivity index (χ4v) is 5.05. The van der Waals surface area contributed by atoms with Gasteiger partial charge in [0.2, 0.25) is 10.0 Å². The Balaban J connectivity index is 1.37. The molecule has 1 aliphatic rings. The zero-order valence-electron chi connectivity index (χ0n) is 20.3. The van der Waals surface area contributed by atoms with E-state index in [1.165, 1.54) is 0 Å².